The lowest BCUT2D eigenvalue weighted by Crippen LogP contribution is -2.61. The van der Waals surface area contributed by atoms with Gasteiger partial charge in [0.25, 0.3) is 5.67 Å². The molecule has 0 unspecified atom stereocenters. The number of alkyl halides is 1. The number of amides is 1. The summed E-state index contributed by atoms with van der Waals surface area (Å²) >= 11 is 1.39. The third kappa shape index (κ3) is 11.4. The van der Waals surface area contributed by atoms with Crippen LogP contribution in [0.15, 0.2) is 33.9 Å². The van der Waals surface area contributed by atoms with Crippen molar-refractivity contribution in [2.45, 2.75) is 154 Å². The van der Waals surface area contributed by atoms with E-state index in [4.69, 9.17) is 34.3 Å². The number of carbonyl (C=O) groups is 3. The summed E-state index contributed by atoms with van der Waals surface area (Å²) in [5, 5.41) is 31.0. The molecule has 3 saturated heterocycles. The number of aliphatic imine (C=N–C) groups is 1. The Morgan fingerprint density at radius 2 is 1.83 bits per heavy atom. The zero-order valence-electron chi connectivity index (χ0n) is 38.2. The number of rotatable bonds is 9. The number of aliphatic hydroxyl groups excluding tert-OH is 1. The Morgan fingerprint density at radius 3 is 2.43 bits per heavy atom. The lowest BCUT2D eigenvalue weighted by molar-refractivity contribution is -0.296. The highest BCUT2D eigenvalue weighted by atomic mass is 32.1. The Labute approximate surface area is 372 Å². The van der Waals surface area contributed by atoms with Gasteiger partial charge in [0.15, 0.2) is 18.7 Å². The van der Waals surface area contributed by atoms with Gasteiger partial charge in [0.2, 0.25) is 5.91 Å². The van der Waals surface area contributed by atoms with Crippen LogP contribution in [-0.2, 0) is 49.5 Å². The summed E-state index contributed by atoms with van der Waals surface area (Å²) in [6.07, 6.45) is -4.82. The number of aromatic nitrogens is 2. The first-order valence-electron chi connectivity index (χ1n) is 21.6. The number of hydrogen-bond donors (Lipinski definition) is 3. The quantitative estimate of drug-likeness (QED) is 0.176. The van der Waals surface area contributed by atoms with Crippen LogP contribution in [0.25, 0.3) is 10.6 Å². The number of likely N-dealkylation sites (N-methyl/N-ethyl adjacent to an activating group) is 1. The van der Waals surface area contributed by atoms with Crippen molar-refractivity contribution in [2.75, 3.05) is 33.0 Å². The molecule has 0 saturated carbocycles. The van der Waals surface area contributed by atoms with Crippen LogP contribution in [0.5, 0.6) is 0 Å². The van der Waals surface area contributed by atoms with Gasteiger partial charge in [0, 0.05) is 47.2 Å². The van der Waals surface area contributed by atoms with E-state index < -0.39 is 95.1 Å². The molecule has 2 aromatic heterocycles. The molecule has 0 aliphatic carbocycles. The summed E-state index contributed by atoms with van der Waals surface area (Å²) in [6.45, 7) is 13.4. The molecule has 0 spiro atoms. The number of nitrogens with zero attached hydrogens (tertiary/aromatic N) is 5. The fourth-order valence-corrected chi connectivity index (χ4v) is 9.60. The zero-order valence-corrected chi connectivity index (χ0v) is 39.0. The molecule has 2 bridgehead atoms. The van der Waals surface area contributed by atoms with E-state index in [1.54, 1.807) is 45.3 Å². The molecular weight excluding hydrogens is 840 g/mol. The van der Waals surface area contributed by atoms with Gasteiger partial charge in [-0.15, -0.1) is 11.3 Å². The maximum absolute atomic E-state index is 17.0. The molecule has 1 amide bonds. The molecule has 350 valence electrons. The molecule has 63 heavy (non-hydrogen) atoms. The molecule has 17 nitrogen and oxygen atoms in total. The first-order chi connectivity index (χ1) is 29.5. The fraction of sp³-hybridized carbons (Fsp3) is 0.705. The zero-order chi connectivity index (χ0) is 46.6. The highest BCUT2D eigenvalue weighted by Crippen LogP contribution is 2.41. The summed E-state index contributed by atoms with van der Waals surface area (Å²) < 4.78 is 48.9. The van der Waals surface area contributed by atoms with Gasteiger partial charge in [-0.25, -0.2) is 19.2 Å². The maximum atomic E-state index is 17.0. The van der Waals surface area contributed by atoms with Crippen molar-refractivity contribution in [3.8, 4) is 10.6 Å². The highest BCUT2D eigenvalue weighted by Gasteiger charge is 2.56. The number of nitrogens with two attached hydrogens (primary N) is 1. The van der Waals surface area contributed by atoms with E-state index >= 15 is 4.39 Å². The van der Waals surface area contributed by atoms with Crippen molar-refractivity contribution in [3.05, 3.63) is 29.4 Å². The van der Waals surface area contributed by atoms with E-state index in [1.807, 2.05) is 38.9 Å². The first kappa shape index (κ1) is 50.2. The number of halogens is 1. The summed E-state index contributed by atoms with van der Waals surface area (Å²) in [4.78, 5) is 62.6. The monoisotopic (exact) mass is 904 g/mol. The number of ether oxygens (including phenoxy) is 5. The third-order valence-electron chi connectivity index (χ3n) is 12.4. The number of ketones is 1. The fourth-order valence-electron chi connectivity index (χ4n) is 8.90. The van der Waals surface area contributed by atoms with Crippen molar-refractivity contribution in [3.63, 3.8) is 0 Å². The van der Waals surface area contributed by atoms with Gasteiger partial charge >= 0.3 is 5.97 Å². The molecule has 5 heterocycles. The van der Waals surface area contributed by atoms with Crippen molar-refractivity contribution in [1.82, 2.24) is 14.9 Å². The van der Waals surface area contributed by atoms with Gasteiger partial charge in [0.1, 0.15) is 34.3 Å². The largest absolute Gasteiger partial charge is 0.457 e. The van der Waals surface area contributed by atoms with Crippen LogP contribution in [0, 0.1) is 17.8 Å². The summed E-state index contributed by atoms with van der Waals surface area (Å²) in [6, 6.07) is 3.19. The number of anilines is 1. The van der Waals surface area contributed by atoms with Crippen LogP contribution in [0.2, 0.25) is 0 Å². The van der Waals surface area contributed by atoms with Crippen LogP contribution in [-0.4, -0.2) is 141 Å². The van der Waals surface area contributed by atoms with E-state index in [2.05, 4.69) is 20.1 Å². The molecule has 0 aromatic carbocycles. The Balaban J connectivity index is 1.66. The molecule has 2 aromatic rings. The highest BCUT2D eigenvalue weighted by molar-refractivity contribution is 7.13. The third-order valence-corrected chi connectivity index (χ3v) is 13.3. The minimum absolute atomic E-state index is 0.000396. The standard InChI is InChI=1S/C44H65FN6O11S/c1-12-31-44(9,56)38-25(5)34(49-33(52)13-2)23(3)17-42(7,58-20-29(19-57-38)50-59-21-28-15-14-27(18-47-28)39-48-32(46)22-63-39)37(26(6)36(54)43(8,45)41(55)61-31)62-40-35(53)30(51(10)11)16-24(4)60-40/h14-15,18,22-26,30-31,35,37-38,40,53,56H,12-13,16-17,19-21,46H2,1-11H3/b49-34+,50-29+/t23-,24-,25+,26+,30+,31-,35-,37-,38-,40+,42-,43+,44-/m1/s1. The van der Waals surface area contributed by atoms with E-state index in [9.17, 15) is 24.6 Å². The topological polar surface area (TPSA) is 227 Å². The van der Waals surface area contributed by atoms with Crippen LogP contribution >= 0.6 is 11.3 Å². The number of cyclic esters (lactones) is 1. The molecule has 19 heteroatoms. The Morgan fingerprint density at radius 1 is 1.11 bits per heavy atom. The minimum atomic E-state index is -3.23. The van der Waals surface area contributed by atoms with Gasteiger partial charge in [-0.2, -0.15) is 0 Å². The van der Waals surface area contributed by atoms with Gasteiger partial charge in [0.05, 0.1) is 42.8 Å². The number of fused-ring (bicyclic) bond motifs is 5. The number of oxime groups is 1. The number of nitrogen functional groups attached to an aromatic ring is 1. The molecule has 3 aliphatic heterocycles. The summed E-state index contributed by atoms with van der Waals surface area (Å²) in [5.41, 5.74) is 0.782. The average molecular weight is 905 g/mol. The number of carbonyl (C=O) groups excluding carboxylic acids is 3. The van der Waals surface area contributed by atoms with Gasteiger partial charge in [-0.1, -0.05) is 39.8 Å². The Bertz CT molecular complexity index is 1980. The maximum Gasteiger partial charge on any atom is 0.351 e. The van der Waals surface area contributed by atoms with Crippen molar-refractivity contribution < 1.29 is 57.5 Å². The predicted molar refractivity (Wildman–Crippen MR) is 234 cm³/mol. The Kier molecular flexibility index (Phi) is 16.4. The number of esters is 1. The normalized spacial score (nSPS) is 37.6. The van der Waals surface area contributed by atoms with Crippen LogP contribution in [0.4, 0.5) is 10.2 Å². The number of aliphatic hydroxyl groups is 2. The molecule has 13 atom stereocenters. The van der Waals surface area contributed by atoms with Gasteiger partial charge in [-0.05, 0) is 79.1 Å². The molecule has 4 N–H and O–H groups in total. The second-order valence-corrected chi connectivity index (χ2v) is 18.7. The summed E-state index contributed by atoms with van der Waals surface area (Å²) in [5.74, 6) is -5.63. The lowest BCUT2D eigenvalue weighted by atomic mass is 9.73. The van der Waals surface area contributed by atoms with Crippen molar-refractivity contribution >= 4 is 46.2 Å². The predicted octanol–water partition coefficient (Wildman–Crippen LogP) is 4.70. The van der Waals surface area contributed by atoms with Crippen LogP contribution in [0.1, 0.15) is 93.7 Å². The van der Waals surface area contributed by atoms with E-state index in [-0.39, 0.29) is 44.8 Å². The van der Waals surface area contributed by atoms with Crippen molar-refractivity contribution in [2.24, 2.45) is 27.9 Å². The minimum Gasteiger partial charge on any atom is -0.457 e. The van der Waals surface area contributed by atoms with E-state index in [0.717, 1.165) is 12.5 Å². The molecule has 5 rings (SSSR count). The van der Waals surface area contributed by atoms with E-state index in [1.165, 1.54) is 25.2 Å². The van der Waals surface area contributed by atoms with Crippen molar-refractivity contribution in [1.29, 1.82) is 0 Å². The van der Waals surface area contributed by atoms with Gasteiger partial charge in [-0.3, -0.25) is 14.6 Å². The van der Waals surface area contributed by atoms with Crippen LogP contribution < -0.4 is 5.73 Å². The summed E-state index contributed by atoms with van der Waals surface area (Å²) in [7, 11) is 3.63. The van der Waals surface area contributed by atoms with Crippen LogP contribution in [0.3, 0.4) is 0 Å². The number of hydrogen-bond acceptors (Lipinski definition) is 17. The lowest BCUT2D eigenvalue weighted by Gasteiger charge is -2.47. The smallest absolute Gasteiger partial charge is 0.351 e. The molecular formula is C44H65FN6O11S. The average Bonchev–Trinajstić information content (AvgIpc) is 3.67. The number of pyridine rings is 1. The second kappa shape index (κ2) is 20.6. The Hall–Kier alpha value is -3.82. The molecule has 0 radical (unpaired) electrons. The second-order valence-electron chi connectivity index (χ2n) is 17.9. The molecule has 3 fully saturated rings. The molecule has 3 aliphatic rings. The number of Topliss-reactive ketones (excluding diaryl/α,β-unsaturated/α-hetero) is 1. The van der Waals surface area contributed by atoms with Gasteiger partial charge < -0.3 is 49.4 Å². The van der Waals surface area contributed by atoms with E-state index in [0.29, 0.717) is 28.7 Å². The first-order valence-corrected chi connectivity index (χ1v) is 22.4. The number of thiazole rings is 1. The SMILES string of the molecule is CCC(=O)/N=C1\[C@H](C)C[C@@]2(C)OC/C(=N/OCc3ccc(-c4nc(N)cs4)cn3)CO[C@H]([C@H]1C)[C@](C)(O)[C@@H](CC)OC(=O)[C@@](C)(F)C(=O)[C@H](C)[C@H]2O[C@@H]1O[C@H](C)C[C@H](N(C)C)[C@H]1O.